The molecule has 0 radical (unpaired) electrons. The Balaban J connectivity index is 1.90. The van der Waals surface area contributed by atoms with Gasteiger partial charge in [0.2, 0.25) is 9.67 Å². The minimum absolute atomic E-state index is 0.356. The Bertz CT molecular complexity index is 730. The molecule has 1 unspecified atom stereocenters. The van der Waals surface area contributed by atoms with E-state index in [0.717, 1.165) is 12.8 Å². The third kappa shape index (κ3) is 7.09. The van der Waals surface area contributed by atoms with Crippen molar-refractivity contribution in [2.75, 3.05) is 6.61 Å². The molecular formula is C19H20Cl3NO4. The van der Waals surface area contributed by atoms with E-state index < -0.39 is 9.90 Å². The maximum atomic E-state index is 11.8. The first-order valence-electron chi connectivity index (χ1n) is 8.44. The van der Waals surface area contributed by atoms with Crippen LogP contribution in [0.5, 0.6) is 17.4 Å². The molecule has 1 aromatic carbocycles. The lowest BCUT2D eigenvalue weighted by molar-refractivity contribution is -0.151. The normalized spacial score (nSPS) is 12.3. The van der Waals surface area contributed by atoms with Crippen LogP contribution in [0, 0.1) is 0 Å². The van der Waals surface area contributed by atoms with Gasteiger partial charge in [0, 0.05) is 17.8 Å². The zero-order valence-corrected chi connectivity index (χ0v) is 17.2. The number of aromatic nitrogens is 1. The number of carbonyl (C=O) groups is 1. The Morgan fingerprint density at radius 2 is 1.78 bits per heavy atom. The summed E-state index contributed by atoms with van der Waals surface area (Å²) < 4.78 is 14.8. The van der Waals surface area contributed by atoms with E-state index in [-0.39, 0.29) is 5.97 Å². The number of carbonyl (C=O) groups excluding carboxylic acids is 1. The van der Waals surface area contributed by atoms with Crippen LogP contribution in [0.25, 0.3) is 0 Å². The highest BCUT2D eigenvalue weighted by Gasteiger charge is 2.23. The minimum Gasteiger partial charge on any atom is -0.479 e. The SMILES string of the molecule is CCCCOC(=O)C(C)Oc1ccc(Oc2ccc(C(Cl)(Cl)Cl)cn2)cc1. The van der Waals surface area contributed by atoms with Gasteiger partial charge in [0.15, 0.2) is 6.10 Å². The number of esters is 1. The molecule has 0 spiro atoms. The molecule has 8 heteroatoms. The van der Waals surface area contributed by atoms with Crippen molar-refractivity contribution in [1.29, 1.82) is 0 Å². The zero-order chi connectivity index (χ0) is 19.9. The van der Waals surface area contributed by atoms with Crippen LogP contribution in [0.4, 0.5) is 0 Å². The van der Waals surface area contributed by atoms with Gasteiger partial charge in [-0.3, -0.25) is 0 Å². The van der Waals surface area contributed by atoms with Gasteiger partial charge in [0.05, 0.1) is 6.61 Å². The lowest BCUT2D eigenvalue weighted by atomic mass is 10.3. The van der Waals surface area contributed by atoms with Crippen LogP contribution in [0.2, 0.25) is 0 Å². The highest BCUT2D eigenvalue weighted by atomic mass is 35.6. The number of halogens is 3. The number of nitrogens with zero attached hydrogens (tertiary/aromatic N) is 1. The summed E-state index contributed by atoms with van der Waals surface area (Å²) in [5.41, 5.74) is 0.448. The quantitative estimate of drug-likeness (QED) is 0.299. The summed E-state index contributed by atoms with van der Waals surface area (Å²) >= 11 is 17.4. The summed E-state index contributed by atoms with van der Waals surface area (Å²) in [5, 5.41) is 0. The molecule has 0 aliphatic heterocycles. The van der Waals surface area contributed by atoms with Gasteiger partial charge in [-0.15, -0.1) is 0 Å². The lowest BCUT2D eigenvalue weighted by Crippen LogP contribution is -2.26. The fourth-order valence-electron chi connectivity index (χ4n) is 2.00. The van der Waals surface area contributed by atoms with Crippen LogP contribution in [0.1, 0.15) is 32.3 Å². The number of hydrogen-bond donors (Lipinski definition) is 0. The average Bonchev–Trinajstić information content (AvgIpc) is 2.63. The molecular weight excluding hydrogens is 413 g/mol. The molecule has 1 atom stereocenters. The third-order valence-electron chi connectivity index (χ3n) is 3.50. The molecule has 2 rings (SSSR count). The van der Waals surface area contributed by atoms with Crippen molar-refractivity contribution in [2.45, 2.75) is 36.6 Å². The number of rotatable bonds is 8. The van der Waals surface area contributed by atoms with Crippen LogP contribution in [0.3, 0.4) is 0 Å². The van der Waals surface area contributed by atoms with E-state index in [0.29, 0.717) is 29.5 Å². The molecule has 0 fully saturated rings. The summed E-state index contributed by atoms with van der Waals surface area (Å²) in [7, 11) is 0. The molecule has 0 amide bonds. The Morgan fingerprint density at radius 3 is 2.33 bits per heavy atom. The molecule has 5 nitrogen and oxygen atoms in total. The second kappa shape index (κ2) is 10.0. The maximum Gasteiger partial charge on any atom is 0.347 e. The summed E-state index contributed by atoms with van der Waals surface area (Å²) in [6.07, 6.45) is 2.54. The van der Waals surface area contributed by atoms with Gasteiger partial charge in [0.1, 0.15) is 11.5 Å². The molecule has 0 aliphatic rings. The molecule has 0 saturated heterocycles. The standard InChI is InChI=1S/C19H20Cl3NO4/c1-3-4-11-25-18(24)13(2)26-15-6-8-16(9-7-15)27-17-10-5-14(12-23-17)19(20,21)22/h5-10,12-13H,3-4,11H2,1-2H3. The molecule has 146 valence electrons. The minimum atomic E-state index is -1.53. The third-order valence-corrected chi connectivity index (χ3v) is 4.15. The molecule has 1 aromatic heterocycles. The van der Waals surface area contributed by atoms with Crippen molar-refractivity contribution in [1.82, 2.24) is 4.98 Å². The number of ether oxygens (including phenoxy) is 3. The van der Waals surface area contributed by atoms with Crippen molar-refractivity contribution < 1.29 is 19.0 Å². The van der Waals surface area contributed by atoms with Gasteiger partial charge in [0.25, 0.3) is 0 Å². The lowest BCUT2D eigenvalue weighted by Gasteiger charge is -2.14. The van der Waals surface area contributed by atoms with E-state index in [1.54, 1.807) is 43.3 Å². The van der Waals surface area contributed by atoms with Gasteiger partial charge in [-0.1, -0.05) is 48.1 Å². The van der Waals surface area contributed by atoms with Crippen LogP contribution in [0.15, 0.2) is 42.6 Å². The summed E-state index contributed by atoms with van der Waals surface area (Å²) in [6.45, 7) is 4.08. The van der Waals surface area contributed by atoms with Gasteiger partial charge in [-0.2, -0.15) is 0 Å². The fraction of sp³-hybridized carbons (Fsp3) is 0.368. The van der Waals surface area contributed by atoms with Crippen molar-refractivity contribution in [3.8, 4) is 17.4 Å². The van der Waals surface area contributed by atoms with Gasteiger partial charge >= 0.3 is 5.97 Å². The number of alkyl halides is 3. The average molecular weight is 433 g/mol. The molecule has 0 bridgehead atoms. The second-order valence-corrected chi connectivity index (χ2v) is 8.02. The van der Waals surface area contributed by atoms with E-state index in [4.69, 9.17) is 49.0 Å². The summed E-state index contributed by atoms with van der Waals surface area (Å²) in [6, 6.07) is 10.0. The number of hydrogen-bond acceptors (Lipinski definition) is 5. The highest BCUT2D eigenvalue weighted by Crippen LogP contribution is 2.38. The Morgan fingerprint density at radius 1 is 1.11 bits per heavy atom. The van der Waals surface area contributed by atoms with E-state index in [2.05, 4.69) is 4.98 Å². The number of pyridine rings is 1. The topological polar surface area (TPSA) is 57.7 Å². The van der Waals surface area contributed by atoms with Gasteiger partial charge in [-0.25, -0.2) is 9.78 Å². The van der Waals surface area contributed by atoms with E-state index >= 15 is 0 Å². The van der Waals surface area contributed by atoms with Gasteiger partial charge < -0.3 is 14.2 Å². The predicted molar refractivity (Wildman–Crippen MR) is 106 cm³/mol. The Labute approximate surface area is 173 Å². The van der Waals surface area contributed by atoms with Crippen LogP contribution in [-0.2, 0) is 13.3 Å². The van der Waals surface area contributed by atoms with Crippen molar-refractivity contribution in [3.05, 3.63) is 48.2 Å². The zero-order valence-electron chi connectivity index (χ0n) is 15.0. The van der Waals surface area contributed by atoms with Crippen molar-refractivity contribution >= 4 is 40.8 Å². The fourth-order valence-corrected chi connectivity index (χ4v) is 2.34. The van der Waals surface area contributed by atoms with Crippen LogP contribution in [-0.4, -0.2) is 23.7 Å². The molecule has 0 N–H and O–H groups in total. The first kappa shape index (κ1) is 21.6. The highest BCUT2D eigenvalue weighted by molar-refractivity contribution is 6.66. The van der Waals surface area contributed by atoms with Crippen LogP contribution < -0.4 is 9.47 Å². The van der Waals surface area contributed by atoms with Gasteiger partial charge in [-0.05, 0) is 43.7 Å². The second-order valence-electron chi connectivity index (χ2n) is 5.74. The Hall–Kier alpha value is -1.69. The summed E-state index contributed by atoms with van der Waals surface area (Å²) in [5.74, 6) is 1.05. The van der Waals surface area contributed by atoms with Crippen molar-refractivity contribution in [3.63, 3.8) is 0 Å². The first-order chi connectivity index (χ1) is 12.8. The summed E-state index contributed by atoms with van der Waals surface area (Å²) in [4.78, 5) is 15.9. The van der Waals surface area contributed by atoms with E-state index in [9.17, 15) is 4.79 Å². The molecule has 1 heterocycles. The van der Waals surface area contributed by atoms with E-state index in [1.165, 1.54) is 6.20 Å². The molecule has 27 heavy (non-hydrogen) atoms. The monoisotopic (exact) mass is 431 g/mol. The predicted octanol–water partition coefficient (Wildman–Crippen LogP) is 5.81. The maximum absolute atomic E-state index is 11.8. The van der Waals surface area contributed by atoms with Crippen LogP contribution >= 0.6 is 34.8 Å². The molecule has 2 aromatic rings. The number of unbranched alkanes of at least 4 members (excludes halogenated alkanes) is 1. The first-order valence-corrected chi connectivity index (χ1v) is 9.57. The molecule has 0 aliphatic carbocycles. The van der Waals surface area contributed by atoms with Crippen molar-refractivity contribution in [2.24, 2.45) is 0 Å². The Kier molecular flexibility index (Phi) is 8.02. The molecule has 0 saturated carbocycles. The number of benzene rings is 1. The van der Waals surface area contributed by atoms with E-state index in [1.807, 2.05) is 6.92 Å². The smallest absolute Gasteiger partial charge is 0.347 e. The largest absolute Gasteiger partial charge is 0.479 e.